The number of hydrogen-bond acceptors (Lipinski definition) is 5. The van der Waals surface area contributed by atoms with Gasteiger partial charge in [0.2, 0.25) is 0 Å². The van der Waals surface area contributed by atoms with Gasteiger partial charge in [-0.1, -0.05) is 0 Å². The lowest BCUT2D eigenvalue weighted by atomic mass is 10.2. The van der Waals surface area contributed by atoms with Gasteiger partial charge in [0.15, 0.2) is 0 Å². The highest BCUT2D eigenvalue weighted by Crippen LogP contribution is 2.08. The summed E-state index contributed by atoms with van der Waals surface area (Å²) >= 11 is 0. The van der Waals surface area contributed by atoms with E-state index in [1.807, 2.05) is 0 Å². The minimum atomic E-state index is -0.959. The van der Waals surface area contributed by atoms with E-state index in [-0.39, 0.29) is 13.1 Å². The number of nitrogens with zero attached hydrogens (tertiary/aromatic N) is 1. The quantitative estimate of drug-likeness (QED) is 0.631. The van der Waals surface area contributed by atoms with Gasteiger partial charge >= 0.3 is 11.9 Å². The van der Waals surface area contributed by atoms with Gasteiger partial charge in [-0.05, 0) is 27.8 Å². The third-order valence-electron chi connectivity index (χ3n) is 1.62. The van der Waals surface area contributed by atoms with Gasteiger partial charge in [-0.3, -0.25) is 14.5 Å². The molecule has 94 valence electrons. The molecule has 6 nitrogen and oxygen atoms in total. The Morgan fingerprint density at radius 3 is 2.31 bits per heavy atom. The lowest BCUT2D eigenvalue weighted by Crippen LogP contribution is -2.45. The molecule has 0 aromatic heterocycles. The smallest absolute Gasteiger partial charge is 0.324 e. The van der Waals surface area contributed by atoms with E-state index in [4.69, 9.17) is 15.6 Å². The first-order chi connectivity index (χ1) is 7.11. The second-order valence-electron chi connectivity index (χ2n) is 4.73. The molecule has 0 saturated heterocycles. The van der Waals surface area contributed by atoms with Crippen molar-refractivity contribution in [2.45, 2.75) is 32.4 Å². The predicted octanol–water partition coefficient (Wildman–Crippen LogP) is -0.328. The fraction of sp³-hybridized carbons (Fsp3) is 0.800. The van der Waals surface area contributed by atoms with Crippen LogP contribution in [-0.4, -0.2) is 53.7 Å². The Kier molecular flexibility index (Phi) is 5.40. The van der Waals surface area contributed by atoms with Crippen LogP contribution >= 0.6 is 0 Å². The first-order valence-corrected chi connectivity index (χ1v) is 5.00. The van der Waals surface area contributed by atoms with Crippen LogP contribution in [0.4, 0.5) is 0 Å². The number of carbonyl (C=O) groups excluding carboxylic acids is 1. The minimum absolute atomic E-state index is 0.154. The number of esters is 1. The molecule has 1 atom stereocenters. The molecule has 0 amide bonds. The van der Waals surface area contributed by atoms with E-state index >= 15 is 0 Å². The summed E-state index contributed by atoms with van der Waals surface area (Å²) < 4.78 is 5.07. The van der Waals surface area contributed by atoms with E-state index in [9.17, 15) is 9.59 Å². The van der Waals surface area contributed by atoms with E-state index in [1.54, 1.807) is 27.8 Å². The van der Waals surface area contributed by atoms with Crippen LogP contribution in [0, 0.1) is 0 Å². The first kappa shape index (κ1) is 14.9. The fourth-order valence-electron chi connectivity index (χ4n) is 1.08. The van der Waals surface area contributed by atoms with Crippen molar-refractivity contribution >= 4 is 11.9 Å². The summed E-state index contributed by atoms with van der Waals surface area (Å²) in [4.78, 5) is 23.3. The molecular formula is C10H20N2O4. The molecule has 3 N–H and O–H groups in total. The third-order valence-corrected chi connectivity index (χ3v) is 1.62. The molecule has 0 unspecified atom stereocenters. The summed E-state index contributed by atoms with van der Waals surface area (Å²) in [5.74, 6) is -1.48. The van der Waals surface area contributed by atoms with Crippen molar-refractivity contribution < 1.29 is 19.4 Å². The molecule has 0 aliphatic rings. The molecule has 0 bridgehead atoms. The van der Waals surface area contributed by atoms with E-state index in [0.717, 1.165) is 0 Å². The maximum atomic E-state index is 11.5. The van der Waals surface area contributed by atoms with Crippen LogP contribution < -0.4 is 5.73 Å². The summed E-state index contributed by atoms with van der Waals surface area (Å²) in [5, 5.41) is 8.52. The van der Waals surface area contributed by atoms with Crippen molar-refractivity contribution in [2.75, 3.05) is 20.1 Å². The lowest BCUT2D eigenvalue weighted by Gasteiger charge is -2.24. The van der Waals surface area contributed by atoms with Crippen molar-refractivity contribution in [1.29, 1.82) is 0 Å². The zero-order chi connectivity index (χ0) is 12.9. The van der Waals surface area contributed by atoms with E-state index in [2.05, 4.69) is 0 Å². The predicted molar refractivity (Wildman–Crippen MR) is 59.0 cm³/mol. The van der Waals surface area contributed by atoms with Crippen LogP contribution in [0.15, 0.2) is 0 Å². The number of carboxylic acid groups (broad SMARTS) is 1. The molecule has 0 spiro atoms. The molecule has 0 aliphatic carbocycles. The van der Waals surface area contributed by atoms with Gasteiger partial charge < -0.3 is 15.6 Å². The molecule has 0 radical (unpaired) electrons. The van der Waals surface area contributed by atoms with Crippen molar-refractivity contribution in [3.63, 3.8) is 0 Å². The summed E-state index contributed by atoms with van der Waals surface area (Å²) in [6, 6.07) is -0.830. The molecule has 16 heavy (non-hydrogen) atoms. The number of nitrogens with two attached hydrogens (primary N) is 1. The van der Waals surface area contributed by atoms with E-state index < -0.39 is 23.6 Å². The van der Waals surface area contributed by atoms with Crippen LogP contribution in [0.25, 0.3) is 0 Å². The highest BCUT2D eigenvalue weighted by molar-refractivity contribution is 5.76. The Balaban J connectivity index is 4.10. The second kappa shape index (κ2) is 5.81. The average Bonchev–Trinajstić information content (AvgIpc) is 1.98. The highest BCUT2D eigenvalue weighted by Gasteiger charge is 2.23. The van der Waals surface area contributed by atoms with E-state index in [0.29, 0.717) is 0 Å². The molecule has 0 aromatic carbocycles. The molecule has 0 aromatic rings. The van der Waals surface area contributed by atoms with Gasteiger partial charge in [-0.15, -0.1) is 0 Å². The van der Waals surface area contributed by atoms with Crippen molar-refractivity contribution in [3.05, 3.63) is 0 Å². The Morgan fingerprint density at radius 2 is 1.94 bits per heavy atom. The van der Waals surface area contributed by atoms with Gasteiger partial charge in [0.1, 0.15) is 11.6 Å². The third kappa shape index (κ3) is 7.19. The fourth-order valence-corrected chi connectivity index (χ4v) is 1.08. The maximum absolute atomic E-state index is 11.5. The Morgan fingerprint density at radius 1 is 1.44 bits per heavy atom. The number of aliphatic carboxylic acids is 1. The van der Waals surface area contributed by atoms with Crippen LogP contribution in [-0.2, 0) is 14.3 Å². The number of rotatable bonds is 5. The number of hydrogen-bond donors (Lipinski definition) is 2. The maximum Gasteiger partial charge on any atom is 0.324 e. The molecule has 0 fully saturated rings. The zero-order valence-electron chi connectivity index (χ0n) is 10.2. The summed E-state index contributed by atoms with van der Waals surface area (Å²) in [7, 11) is 1.58. The standard InChI is InChI=1S/C10H20N2O4/c1-10(2,3)16-9(15)7(11)5-12(4)6-8(13)14/h7H,5-6,11H2,1-4H3,(H,13,14)/t7-/m1/s1. The average molecular weight is 232 g/mol. The highest BCUT2D eigenvalue weighted by atomic mass is 16.6. The van der Waals surface area contributed by atoms with E-state index in [1.165, 1.54) is 4.90 Å². The van der Waals surface area contributed by atoms with Gasteiger partial charge in [-0.25, -0.2) is 0 Å². The molecule has 0 saturated carbocycles. The van der Waals surface area contributed by atoms with Crippen LogP contribution in [0.1, 0.15) is 20.8 Å². The SMILES string of the molecule is CN(CC(=O)O)C[C@@H](N)C(=O)OC(C)(C)C. The minimum Gasteiger partial charge on any atom is -0.480 e. The Labute approximate surface area is 95.4 Å². The summed E-state index contributed by atoms with van der Waals surface area (Å²) in [6.07, 6.45) is 0. The largest absolute Gasteiger partial charge is 0.480 e. The van der Waals surface area contributed by atoms with Gasteiger partial charge in [0, 0.05) is 6.54 Å². The number of likely N-dealkylation sites (N-methyl/N-ethyl adjacent to an activating group) is 1. The van der Waals surface area contributed by atoms with Crippen LogP contribution in [0.3, 0.4) is 0 Å². The van der Waals surface area contributed by atoms with Crippen LogP contribution in [0.2, 0.25) is 0 Å². The monoisotopic (exact) mass is 232 g/mol. The molecular weight excluding hydrogens is 212 g/mol. The number of ether oxygens (including phenoxy) is 1. The Hall–Kier alpha value is -1.14. The van der Waals surface area contributed by atoms with Crippen molar-refractivity contribution in [1.82, 2.24) is 4.90 Å². The summed E-state index contributed by atoms with van der Waals surface area (Å²) in [5.41, 5.74) is 5.01. The molecule has 0 rings (SSSR count). The number of carbonyl (C=O) groups is 2. The molecule has 6 heteroatoms. The summed E-state index contributed by atoms with van der Waals surface area (Å²) in [6.45, 7) is 5.24. The number of carboxylic acids is 1. The second-order valence-corrected chi connectivity index (χ2v) is 4.73. The van der Waals surface area contributed by atoms with Crippen molar-refractivity contribution in [3.8, 4) is 0 Å². The first-order valence-electron chi connectivity index (χ1n) is 5.00. The van der Waals surface area contributed by atoms with Gasteiger partial charge in [0.25, 0.3) is 0 Å². The van der Waals surface area contributed by atoms with Gasteiger partial charge in [-0.2, -0.15) is 0 Å². The zero-order valence-corrected chi connectivity index (χ0v) is 10.2. The van der Waals surface area contributed by atoms with Crippen molar-refractivity contribution in [2.24, 2.45) is 5.73 Å². The molecule has 0 heterocycles. The van der Waals surface area contributed by atoms with Gasteiger partial charge in [0.05, 0.1) is 6.54 Å². The topological polar surface area (TPSA) is 92.9 Å². The van der Waals surface area contributed by atoms with Crippen LogP contribution in [0.5, 0.6) is 0 Å². The normalized spacial score (nSPS) is 13.6. The lowest BCUT2D eigenvalue weighted by molar-refractivity contribution is -0.157. The Bertz CT molecular complexity index is 260. The molecule has 0 aliphatic heterocycles.